The fourth-order valence-corrected chi connectivity index (χ4v) is 5.02. The molecule has 3 N–H and O–H groups in total. The summed E-state index contributed by atoms with van der Waals surface area (Å²) in [7, 11) is -0.670. The molecule has 1 aliphatic rings. The normalized spacial score (nSPS) is 13.8. The topological polar surface area (TPSA) is 114 Å². The van der Waals surface area contributed by atoms with Crippen LogP contribution in [-0.4, -0.2) is 46.8 Å². The number of methoxy groups -OCH3 is 2. The Labute approximate surface area is 201 Å². The number of carboxylic acid groups (broad SMARTS) is 1. The molecule has 0 aromatic heterocycles. The van der Waals surface area contributed by atoms with Crippen molar-refractivity contribution in [3.05, 3.63) is 59.2 Å². The van der Waals surface area contributed by atoms with Gasteiger partial charge in [0.2, 0.25) is 10.0 Å². The molecule has 0 saturated carbocycles. The van der Waals surface area contributed by atoms with E-state index >= 15 is 0 Å². The number of anilines is 1. The lowest BCUT2D eigenvalue weighted by molar-refractivity contribution is 0.0697. The number of nitrogens with one attached hydrogen (secondary N) is 2. The lowest BCUT2D eigenvalue weighted by Gasteiger charge is -2.14. The monoisotopic (exact) mass is 488 g/mol. The zero-order valence-electron chi connectivity index (χ0n) is 19.6. The van der Waals surface area contributed by atoms with E-state index < -0.39 is 16.0 Å². The van der Waals surface area contributed by atoms with Crippen LogP contribution in [0.3, 0.4) is 0 Å². The lowest BCUT2D eigenvalue weighted by atomic mass is 9.97. The zero-order chi connectivity index (χ0) is 24.6. The third-order valence-corrected chi connectivity index (χ3v) is 7.29. The highest BCUT2D eigenvalue weighted by Gasteiger charge is 2.19. The van der Waals surface area contributed by atoms with Crippen LogP contribution >= 0.6 is 0 Å². The van der Waals surface area contributed by atoms with Crippen molar-refractivity contribution in [3.8, 4) is 11.5 Å². The first kappa shape index (κ1) is 25.6. The maximum Gasteiger partial charge on any atom is 0.337 e. The molecule has 3 rings (SSSR count). The van der Waals surface area contributed by atoms with E-state index in [-0.39, 0.29) is 10.5 Å². The van der Waals surface area contributed by atoms with Crippen LogP contribution in [0.1, 0.15) is 48.0 Å². The molecule has 0 spiro atoms. The fourth-order valence-electron chi connectivity index (χ4n) is 3.96. The summed E-state index contributed by atoms with van der Waals surface area (Å²) < 4.78 is 38.5. The molecule has 1 aliphatic carbocycles. The minimum Gasteiger partial charge on any atom is -0.493 e. The molecule has 184 valence electrons. The highest BCUT2D eigenvalue weighted by Crippen LogP contribution is 2.28. The van der Waals surface area contributed by atoms with E-state index in [4.69, 9.17) is 9.47 Å². The molecule has 2 aromatic rings. The van der Waals surface area contributed by atoms with Crippen LogP contribution in [0.25, 0.3) is 0 Å². The Hall–Kier alpha value is -3.04. The first-order chi connectivity index (χ1) is 16.3. The molecule has 9 heteroatoms. The van der Waals surface area contributed by atoms with Gasteiger partial charge >= 0.3 is 5.97 Å². The lowest BCUT2D eigenvalue weighted by Crippen LogP contribution is -2.25. The predicted molar refractivity (Wildman–Crippen MR) is 131 cm³/mol. The van der Waals surface area contributed by atoms with Crippen molar-refractivity contribution in [3.63, 3.8) is 0 Å². The standard InChI is InChI=1S/C25H32N2O6S/c1-32-23-11-8-19(16-24(23)33-2)12-14-26-22-10-9-20(17-21(22)25(28)29)34(30,31)27-15-13-18-6-4-3-5-7-18/h6,8-11,16-17,26-27H,3-5,7,12-15H2,1-2H3,(H,28,29). The predicted octanol–water partition coefficient (Wildman–Crippen LogP) is 4.23. The summed E-state index contributed by atoms with van der Waals surface area (Å²) in [5, 5.41) is 12.7. The number of rotatable bonds is 12. The van der Waals surface area contributed by atoms with Crippen LogP contribution in [0.5, 0.6) is 11.5 Å². The van der Waals surface area contributed by atoms with Gasteiger partial charge < -0.3 is 19.9 Å². The van der Waals surface area contributed by atoms with Crippen molar-refractivity contribution in [2.75, 3.05) is 32.6 Å². The molecule has 0 aliphatic heterocycles. The summed E-state index contributed by atoms with van der Waals surface area (Å²) in [4.78, 5) is 11.8. The summed E-state index contributed by atoms with van der Waals surface area (Å²) in [6.45, 7) is 0.747. The van der Waals surface area contributed by atoms with Gasteiger partial charge in [0.05, 0.1) is 24.7 Å². The van der Waals surface area contributed by atoms with Crippen LogP contribution in [0.2, 0.25) is 0 Å². The first-order valence-electron chi connectivity index (χ1n) is 11.3. The van der Waals surface area contributed by atoms with Gasteiger partial charge in [0, 0.05) is 18.8 Å². The highest BCUT2D eigenvalue weighted by atomic mass is 32.2. The SMILES string of the molecule is COc1ccc(CCNc2ccc(S(=O)(=O)NCCC3=CCCCC3)cc2C(=O)O)cc1OC. The van der Waals surface area contributed by atoms with E-state index in [1.807, 2.05) is 18.2 Å². The number of carbonyl (C=O) groups is 1. The molecule has 0 fully saturated rings. The van der Waals surface area contributed by atoms with E-state index in [1.54, 1.807) is 14.2 Å². The summed E-state index contributed by atoms with van der Waals surface area (Å²) >= 11 is 0. The molecule has 0 saturated heterocycles. The molecule has 0 radical (unpaired) electrons. The van der Waals surface area contributed by atoms with E-state index in [1.165, 1.54) is 30.2 Å². The number of sulfonamides is 1. The van der Waals surface area contributed by atoms with E-state index in [9.17, 15) is 18.3 Å². The van der Waals surface area contributed by atoms with Crippen LogP contribution in [0, 0.1) is 0 Å². The molecule has 0 heterocycles. The summed E-state index contributed by atoms with van der Waals surface area (Å²) in [5.41, 5.74) is 2.53. The second-order valence-corrected chi connectivity index (χ2v) is 9.90. The molecule has 0 amide bonds. The third-order valence-electron chi connectivity index (χ3n) is 5.83. The summed E-state index contributed by atoms with van der Waals surface area (Å²) in [5.74, 6) is 0.0549. The van der Waals surface area contributed by atoms with Gasteiger partial charge in [0.15, 0.2) is 11.5 Å². The quantitative estimate of drug-likeness (QED) is 0.383. The minimum atomic E-state index is -3.81. The molecular weight excluding hydrogens is 456 g/mol. The average Bonchev–Trinajstić information content (AvgIpc) is 2.84. The second kappa shape index (κ2) is 11.9. The summed E-state index contributed by atoms with van der Waals surface area (Å²) in [6.07, 6.45) is 7.84. The van der Waals surface area contributed by atoms with Crippen molar-refractivity contribution in [1.82, 2.24) is 4.72 Å². The van der Waals surface area contributed by atoms with Gasteiger partial charge in [0.1, 0.15) is 0 Å². The summed E-state index contributed by atoms with van der Waals surface area (Å²) in [6, 6.07) is 9.70. The van der Waals surface area contributed by atoms with Crippen molar-refractivity contribution in [1.29, 1.82) is 0 Å². The Kier molecular flexibility index (Phi) is 8.95. The van der Waals surface area contributed by atoms with Crippen molar-refractivity contribution in [2.45, 2.75) is 43.4 Å². The van der Waals surface area contributed by atoms with Gasteiger partial charge in [-0.05, 0) is 74.4 Å². The zero-order valence-corrected chi connectivity index (χ0v) is 20.4. The van der Waals surface area contributed by atoms with Gasteiger partial charge in [-0.15, -0.1) is 0 Å². The molecular formula is C25H32N2O6S. The Bertz CT molecular complexity index is 1140. The number of hydrogen-bond donors (Lipinski definition) is 3. The molecule has 0 unspecified atom stereocenters. The van der Waals surface area contributed by atoms with Gasteiger partial charge in [0.25, 0.3) is 0 Å². The van der Waals surface area contributed by atoms with Crippen LogP contribution < -0.4 is 19.5 Å². The number of allylic oxidation sites excluding steroid dienone is 1. The van der Waals surface area contributed by atoms with Crippen molar-refractivity contribution in [2.24, 2.45) is 0 Å². The molecule has 8 nitrogen and oxygen atoms in total. The molecule has 2 aromatic carbocycles. The van der Waals surface area contributed by atoms with Crippen molar-refractivity contribution < 1.29 is 27.8 Å². The van der Waals surface area contributed by atoms with E-state index in [0.717, 1.165) is 24.8 Å². The van der Waals surface area contributed by atoms with Gasteiger partial charge in [-0.2, -0.15) is 0 Å². The first-order valence-corrected chi connectivity index (χ1v) is 12.8. The number of benzene rings is 2. The molecule has 0 bridgehead atoms. The maximum atomic E-state index is 12.7. The Balaban J connectivity index is 1.64. The van der Waals surface area contributed by atoms with E-state index in [0.29, 0.717) is 43.1 Å². The molecule has 0 atom stereocenters. The van der Waals surface area contributed by atoms with Crippen LogP contribution in [0.15, 0.2) is 52.9 Å². The van der Waals surface area contributed by atoms with Gasteiger partial charge in [-0.25, -0.2) is 17.9 Å². The fraction of sp³-hybridized carbons (Fsp3) is 0.400. The largest absolute Gasteiger partial charge is 0.493 e. The number of ether oxygens (including phenoxy) is 2. The van der Waals surface area contributed by atoms with Crippen LogP contribution in [-0.2, 0) is 16.4 Å². The minimum absolute atomic E-state index is 0.0621. The third kappa shape index (κ3) is 6.74. The Morgan fingerprint density at radius 2 is 1.79 bits per heavy atom. The van der Waals surface area contributed by atoms with Gasteiger partial charge in [-0.3, -0.25) is 0 Å². The van der Waals surface area contributed by atoms with E-state index in [2.05, 4.69) is 16.1 Å². The Morgan fingerprint density at radius 3 is 2.47 bits per heavy atom. The number of aromatic carboxylic acids is 1. The number of hydrogen-bond acceptors (Lipinski definition) is 6. The molecule has 34 heavy (non-hydrogen) atoms. The van der Waals surface area contributed by atoms with Crippen molar-refractivity contribution >= 4 is 21.7 Å². The van der Waals surface area contributed by atoms with Gasteiger partial charge in [-0.1, -0.05) is 17.7 Å². The smallest absolute Gasteiger partial charge is 0.337 e. The average molecular weight is 489 g/mol. The maximum absolute atomic E-state index is 12.7. The number of carboxylic acids is 1. The second-order valence-electron chi connectivity index (χ2n) is 8.13. The Morgan fingerprint density at radius 1 is 1.00 bits per heavy atom. The van der Waals surface area contributed by atoms with Crippen LogP contribution in [0.4, 0.5) is 5.69 Å². The highest BCUT2D eigenvalue weighted by molar-refractivity contribution is 7.89.